The number of likely N-dealkylation sites (N-methyl/N-ethyl adjacent to an activating group) is 1. The van der Waals surface area contributed by atoms with Gasteiger partial charge in [-0.2, -0.15) is 0 Å². The molecule has 0 aliphatic heterocycles. The average molecular weight is 335 g/mol. The van der Waals surface area contributed by atoms with Crippen LogP contribution in [0, 0.1) is 5.92 Å². The molecule has 0 aliphatic carbocycles. The molecule has 0 spiro atoms. The summed E-state index contributed by atoms with van der Waals surface area (Å²) in [6.45, 7) is 4.48. The maximum atomic E-state index is 12.2. The number of unbranched alkanes of at least 4 members (excludes halogenated alkanes) is 1. The fourth-order valence-corrected chi connectivity index (χ4v) is 2.13. The summed E-state index contributed by atoms with van der Waals surface area (Å²) >= 11 is 0. The minimum atomic E-state index is -0.233. The van der Waals surface area contributed by atoms with Crippen molar-refractivity contribution in [2.45, 2.75) is 45.8 Å². The fourth-order valence-electron chi connectivity index (χ4n) is 2.13. The third-order valence-corrected chi connectivity index (χ3v) is 3.69. The molecule has 1 atom stereocenters. The summed E-state index contributed by atoms with van der Waals surface area (Å²) in [6.07, 6.45) is 2.58. The number of anilines is 1. The lowest BCUT2D eigenvalue weighted by atomic mass is 10.1. The number of hydrogen-bond donors (Lipinski definition) is 3. The largest absolute Gasteiger partial charge is 0.461 e. The van der Waals surface area contributed by atoms with Gasteiger partial charge in [0, 0.05) is 5.69 Å². The monoisotopic (exact) mass is 335 g/mol. The van der Waals surface area contributed by atoms with Crippen LogP contribution in [0.5, 0.6) is 0 Å². The van der Waals surface area contributed by atoms with E-state index in [0.29, 0.717) is 6.54 Å². The highest BCUT2D eigenvalue weighted by atomic mass is 16.5. The molecule has 0 bridgehead atoms. The molecule has 24 heavy (non-hydrogen) atoms. The molecule has 0 aliphatic rings. The lowest BCUT2D eigenvalue weighted by molar-refractivity contribution is -0.148. The fraction of sp³-hybridized carbons (Fsp3) is 0.556. The van der Waals surface area contributed by atoms with E-state index < -0.39 is 0 Å². The molecule has 1 rings (SSSR count). The Morgan fingerprint density at radius 1 is 1.17 bits per heavy atom. The topological polar surface area (TPSA) is 93.4 Å². The second-order valence-corrected chi connectivity index (χ2v) is 6.07. The molecule has 0 saturated heterocycles. The zero-order valence-electron chi connectivity index (χ0n) is 14.8. The van der Waals surface area contributed by atoms with Gasteiger partial charge in [0.2, 0.25) is 5.91 Å². The van der Waals surface area contributed by atoms with Crippen LogP contribution in [0.25, 0.3) is 0 Å². The molecule has 6 nitrogen and oxygen atoms in total. The van der Waals surface area contributed by atoms with Crippen LogP contribution in [0.15, 0.2) is 24.3 Å². The van der Waals surface area contributed by atoms with Crippen molar-refractivity contribution in [3.8, 4) is 0 Å². The Labute approximate surface area is 144 Å². The van der Waals surface area contributed by atoms with Crippen molar-refractivity contribution in [2.24, 2.45) is 11.7 Å². The van der Waals surface area contributed by atoms with Crippen molar-refractivity contribution in [2.75, 3.05) is 18.9 Å². The smallest absolute Gasteiger partial charge is 0.308 e. The Morgan fingerprint density at radius 2 is 1.83 bits per heavy atom. The molecule has 1 aromatic carbocycles. The average Bonchev–Trinajstić information content (AvgIpc) is 2.57. The minimum Gasteiger partial charge on any atom is -0.461 e. The van der Waals surface area contributed by atoms with Gasteiger partial charge in [0.15, 0.2) is 0 Å². The van der Waals surface area contributed by atoms with Crippen LogP contribution >= 0.6 is 0 Å². The first-order valence-corrected chi connectivity index (χ1v) is 8.41. The minimum absolute atomic E-state index is 0.0616. The molecule has 0 heterocycles. The number of esters is 1. The van der Waals surface area contributed by atoms with E-state index in [1.165, 1.54) is 0 Å². The van der Waals surface area contributed by atoms with Crippen molar-refractivity contribution < 1.29 is 14.3 Å². The normalized spacial score (nSPS) is 12.0. The standard InChI is InChI=1S/C18H29N3O3/c1-13(2)18(23)24-12-14-7-9-15(10-8-14)21-17(22)16(20-3)6-4-5-11-19/h7-10,13,16,20H,4-6,11-12,19H2,1-3H3,(H,21,22). The first-order valence-electron chi connectivity index (χ1n) is 8.41. The zero-order chi connectivity index (χ0) is 17.9. The van der Waals surface area contributed by atoms with Gasteiger partial charge in [-0.25, -0.2) is 0 Å². The zero-order valence-corrected chi connectivity index (χ0v) is 14.8. The van der Waals surface area contributed by atoms with Crippen LogP contribution in [-0.2, 0) is 20.9 Å². The molecule has 0 radical (unpaired) electrons. The maximum absolute atomic E-state index is 12.2. The quantitative estimate of drug-likeness (QED) is 0.449. The van der Waals surface area contributed by atoms with Crippen LogP contribution in [0.3, 0.4) is 0 Å². The summed E-state index contributed by atoms with van der Waals surface area (Å²) in [5.41, 5.74) is 7.08. The highest BCUT2D eigenvalue weighted by Gasteiger charge is 2.15. The summed E-state index contributed by atoms with van der Waals surface area (Å²) in [4.78, 5) is 23.7. The summed E-state index contributed by atoms with van der Waals surface area (Å²) < 4.78 is 5.17. The van der Waals surface area contributed by atoms with Gasteiger partial charge in [0.05, 0.1) is 12.0 Å². The van der Waals surface area contributed by atoms with E-state index >= 15 is 0 Å². The van der Waals surface area contributed by atoms with E-state index in [1.54, 1.807) is 20.9 Å². The van der Waals surface area contributed by atoms with Gasteiger partial charge >= 0.3 is 5.97 Å². The molecule has 134 valence electrons. The molecule has 0 saturated carbocycles. The molecule has 6 heteroatoms. The number of ether oxygens (including phenoxy) is 1. The second-order valence-electron chi connectivity index (χ2n) is 6.07. The van der Waals surface area contributed by atoms with Crippen molar-refractivity contribution in [1.82, 2.24) is 5.32 Å². The predicted molar refractivity (Wildman–Crippen MR) is 95.5 cm³/mol. The Kier molecular flexibility index (Phi) is 9.04. The number of carbonyl (C=O) groups is 2. The van der Waals surface area contributed by atoms with Gasteiger partial charge in [-0.05, 0) is 44.1 Å². The van der Waals surface area contributed by atoms with E-state index in [9.17, 15) is 9.59 Å². The van der Waals surface area contributed by atoms with Crippen LogP contribution in [0.1, 0.15) is 38.7 Å². The summed E-state index contributed by atoms with van der Waals surface area (Å²) in [7, 11) is 1.78. The maximum Gasteiger partial charge on any atom is 0.308 e. The van der Waals surface area contributed by atoms with Crippen LogP contribution in [0.4, 0.5) is 5.69 Å². The first kappa shape index (κ1) is 20.1. The molecular weight excluding hydrogens is 306 g/mol. The van der Waals surface area contributed by atoms with Crippen molar-refractivity contribution in [1.29, 1.82) is 0 Å². The first-order chi connectivity index (χ1) is 11.5. The third-order valence-electron chi connectivity index (χ3n) is 3.69. The summed E-state index contributed by atoms with van der Waals surface area (Å²) in [5.74, 6) is -0.420. The molecule has 4 N–H and O–H groups in total. The van der Waals surface area contributed by atoms with E-state index in [0.717, 1.165) is 30.5 Å². The van der Waals surface area contributed by atoms with Crippen molar-refractivity contribution >= 4 is 17.6 Å². The van der Waals surface area contributed by atoms with Crippen molar-refractivity contribution in [3.05, 3.63) is 29.8 Å². The van der Waals surface area contributed by atoms with E-state index in [2.05, 4.69) is 10.6 Å². The second kappa shape index (κ2) is 10.8. The molecule has 1 aromatic rings. The lowest BCUT2D eigenvalue weighted by Crippen LogP contribution is -2.38. The Balaban J connectivity index is 2.50. The molecule has 1 unspecified atom stereocenters. The van der Waals surface area contributed by atoms with E-state index in [1.807, 2.05) is 24.3 Å². The number of rotatable bonds is 10. The van der Waals surface area contributed by atoms with E-state index in [-0.39, 0.29) is 30.4 Å². The summed E-state index contributed by atoms with van der Waals surface area (Å²) in [6, 6.07) is 7.06. The highest BCUT2D eigenvalue weighted by Crippen LogP contribution is 2.12. The van der Waals surface area contributed by atoms with Gasteiger partial charge in [0.1, 0.15) is 6.61 Å². The number of amides is 1. The van der Waals surface area contributed by atoms with Crippen LogP contribution in [0.2, 0.25) is 0 Å². The van der Waals surface area contributed by atoms with Gasteiger partial charge in [-0.1, -0.05) is 32.4 Å². The Morgan fingerprint density at radius 3 is 2.38 bits per heavy atom. The van der Waals surface area contributed by atoms with Crippen molar-refractivity contribution in [3.63, 3.8) is 0 Å². The number of nitrogens with one attached hydrogen (secondary N) is 2. The number of nitrogens with two attached hydrogens (primary N) is 1. The van der Waals surface area contributed by atoms with E-state index in [4.69, 9.17) is 10.5 Å². The Hall–Kier alpha value is -1.92. The van der Waals surface area contributed by atoms with Gasteiger partial charge < -0.3 is 21.1 Å². The molecule has 0 aromatic heterocycles. The Bertz CT molecular complexity index is 515. The highest BCUT2D eigenvalue weighted by molar-refractivity contribution is 5.94. The number of hydrogen-bond acceptors (Lipinski definition) is 5. The van der Waals surface area contributed by atoms with Gasteiger partial charge in [0.25, 0.3) is 0 Å². The predicted octanol–water partition coefficient (Wildman–Crippen LogP) is 2.04. The lowest BCUT2D eigenvalue weighted by Gasteiger charge is -2.16. The number of benzene rings is 1. The van der Waals surface area contributed by atoms with Gasteiger partial charge in [-0.3, -0.25) is 9.59 Å². The molecule has 0 fully saturated rings. The molecule has 1 amide bonds. The number of carbonyl (C=O) groups excluding carboxylic acids is 2. The SMILES string of the molecule is CNC(CCCCN)C(=O)Nc1ccc(COC(=O)C(C)C)cc1. The van der Waals surface area contributed by atoms with Gasteiger partial charge in [-0.15, -0.1) is 0 Å². The third kappa shape index (κ3) is 7.10. The molecular formula is C18H29N3O3. The van der Waals surface area contributed by atoms with Crippen LogP contribution < -0.4 is 16.4 Å². The summed E-state index contributed by atoms with van der Waals surface area (Å²) in [5, 5.41) is 5.92. The van der Waals surface area contributed by atoms with Crippen LogP contribution in [-0.4, -0.2) is 31.5 Å².